The van der Waals surface area contributed by atoms with Crippen LogP contribution in [0.1, 0.15) is 52.1 Å². The third kappa shape index (κ3) is 6.36. The van der Waals surface area contributed by atoms with E-state index in [1.165, 1.54) is 24.1 Å². The lowest BCUT2D eigenvalue weighted by Gasteiger charge is -2.33. The summed E-state index contributed by atoms with van der Waals surface area (Å²) in [5.41, 5.74) is 3.49. The second-order valence-electron chi connectivity index (χ2n) is 8.30. The molecule has 1 aliphatic rings. The first kappa shape index (κ1) is 21.4. The number of piperidine rings is 1. The van der Waals surface area contributed by atoms with Gasteiger partial charge in [0.25, 0.3) is 0 Å². The maximum atomic E-state index is 5.68. The number of nitrogens with zero attached hydrogens (tertiary/aromatic N) is 1. The molecule has 0 aromatic heterocycles. The van der Waals surface area contributed by atoms with Crippen LogP contribution in [0.2, 0.25) is 0 Å². The molecule has 2 aromatic rings. The van der Waals surface area contributed by atoms with Crippen molar-refractivity contribution in [3.63, 3.8) is 0 Å². The van der Waals surface area contributed by atoms with Crippen molar-refractivity contribution >= 4 is 28.7 Å². The molecule has 4 nitrogen and oxygen atoms in total. The molecule has 0 bridgehead atoms. The monoisotopic (exact) mass is 411 g/mol. The minimum Gasteiger partial charge on any atom is -0.491 e. The molecule has 1 saturated heterocycles. The van der Waals surface area contributed by atoms with Crippen LogP contribution >= 0.6 is 12.2 Å². The fourth-order valence-corrected chi connectivity index (χ4v) is 4.03. The average molecular weight is 412 g/mol. The Morgan fingerprint density at radius 2 is 1.76 bits per heavy atom. The Balaban J connectivity index is 1.52. The van der Waals surface area contributed by atoms with E-state index in [-0.39, 0.29) is 12.1 Å². The smallest absolute Gasteiger partial charge is 0.171 e. The highest BCUT2D eigenvalue weighted by Gasteiger charge is 2.17. The first-order valence-electron chi connectivity index (χ1n) is 10.6. The normalized spacial score (nSPS) is 17.7. The second-order valence-corrected chi connectivity index (χ2v) is 8.70. The van der Waals surface area contributed by atoms with Crippen molar-refractivity contribution in [1.29, 1.82) is 0 Å². The van der Waals surface area contributed by atoms with Gasteiger partial charge in [-0.25, -0.2) is 0 Å². The first-order valence-corrected chi connectivity index (χ1v) is 11.0. The van der Waals surface area contributed by atoms with E-state index in [4.69, 9.17) is 17.0 Å². The number of hydrogen-bond donors (Lipinski definition) is 2. The standard InChI is InChI=1S/C24H33N3OS/c1-17(2)28-23-13-9-21(10-14-23)26-24(29)25-19(4)20-7-11-22(12-8-20)27-15-5-6-18(3)16-27/h7-14,17-19H,5-6,15-16H2,1-4H3,(H2,25,26,29)/t18-,19-/m1/s1. The second kappa shape index (κ2) is 9.97. The van der Waals surface area contributed by atoms with E-state index in [1.54, 1.807) is 0 Å². The van der Waals surface area contributed by atoms with Crippen LogP contribution < -0.4 is 20.3 Å². The fourth-order valence-electron chi connectivity index (χ4n) is 3.73. The van der Waals surface area contributed by atoms with Crippen molar-refractivity contribution in [2.75, 3.05) is 23.3 Å². The third-order valence-corrected chi connectivity index (χ3v) is 5.47. The highest BCUT2D eigenvalue weighted by atomic mass is 32.1. The van der Waals surface area contributed by atoms with Crippen molar-refractivity contribution in [2.24, 2.45) is 5.92 Å². The molecular formula is C24H33N3OS. The number of rotatable bonds is 6. The summed E-state index contributed by atoms with van der Waals surface area (Å²) in [7, 11) is 0. The van der Waals surface area contributed by atoms with Gasteiger partial charge in [-0.15, -0.1) is 0 Å². The van der Waals surface area contributed by atoms with Gasteiger partial charge in [-0.3, -0.25) is 0 Å². The molecule has 5 heteroatoms. The Bertz CT molecular complexity index is 789. The van der Waals surface area contributed by atoms with E-state index in [2.05, 4.69) is 53.6 Å². The van der Waals surface area contributed by atoms with E-state index in [0.717, 1.165) is 30.4 Å². The van der Waals surface area contributed by atoms with Crippen LogP contribution in [-0.4, -0.2) is 24.3 Å². The summed E-state index contributed by atoms with van der Waals surface area (Å²) in [6, 6.07) is 16.9. The van der Waals surface area contributed by atoms with Gasteiger partial charge in [-0.1, -0.05) is 19.1 Å². The Kier molecular flexibility index (Phi) is 7.37. The molecule has 0 radical (unpaired) electrons. The number of ether oxygens (including phenoxy) is 1. The quantitative estimate of drug-likeness (QED) is 0.591. The molecule has 3 rings (SSSR count). The summed E-state index contributed by atoms with van der Waals surface area (Å²) >= 11 is 5.49. The van der Waals surface area contributed by atoms with E-state index in [9.17, 15) is 0 Å². The molecule has 0 aliphatic carbocycles. The maximum absolute atomic E-state index is 5.68. The zero-order chi connectivity index (χ0) is 20.8. The predicted octanol–water partition coefficient (Wildman–Crippen LogP) is 5.76. The Morgan fingerprint density at radius 3 is 2.38 bits per heavy atom. The number of nitrogens with one attached hydrogen (secondary N) is 2. The first-order chi connectivity index (χ1) is 13.9. The molecule has 1 aliphatic heterocycles. The van der Waals surface area contributed by atoms with Gasteiger partial charge >= 0.3 is 0 Å². The zero-order valence-electron chi connectivity index (χ0n) is 17.9. The Morgan fingerprint density at radius 1 is 1.07 bits per heavy atom. The van der Waals surface area contributed by atoms with Crippen molar-refractivity contribution in [1.82, 2.24) is 5.32 Å². The van der Waals surface area contributed by atoms with E-state index in [0.29, 0.717) is 5.11 Å². The minimum absolute atomic E-state index is 0.132. The summed E-state index contributed by atoms with van der Waals surface area (Å²) < 4.78 is 5.68. The molecule has 1 heterocycles. The van der Waals surface area contributed by atoms with Gasteiger partial charge in [-0.2, -0.15) is 0 Å². The van der Waals surface area contributed by atoms with Crippen molar-refractivity contribution in [2.45, 2.75) is 52.7 Å². The molecule has 0 amide bonds. The van der Waals surface area contributed by atoms with Crippen LogP contribution in [-0.2, 0) is 0 Å². The molecule has 29 heavy (non-hydrogen) atoms. The lowest BCUT2D eigenvalue weighted by Crippen LogP contribution is -2.34. The maximum Gasteiger partial charge on any atom is 0.171 e. The summed E-state index contributed by atoms with van der Waals surface area (Å²) in [6.07, 6.45) is 2.79. The molecule has 0 spiro atoms. The van der Waals surface area contributed by atoms with Crippen LogP contribution in [0.25, 0.3) is 0 Å². The van der Waals surface area contributed by atoms with Gasteiger partial charge in [0, 0.05) is 24.5 Å². The van der Waals surface area contributed by atoms with Crippen molar-refractivity contribution in [3.05, 3.63) is 54.1 Å². The van der Waals surface area contributed by atoms with Gasteiger partial charge in [0.15, 0.2) is 5.11 Å². The van der Waals surface area contributed by atoms with Crippen molar-refractivity contribution < 1.29 is 4.74 Å². The number of anilines is 2. The van der Waals surface area contributed by atoms with Crippen LogP contribution in [0, 0.1) is 5.92 Å². The van der Waals surface area contributed by atoms with Crippen LogP contribution in [0.3, 0.4) is 0 Å². The summed E-state index contributed by atoms with van der Waals surface area (Å²) in [5.74, 6) is 1.64. The molecule has 2 aromatic carbocycles. The van der Waals surface area contributed by atoms with Crippen LogP contribution in [0.15, 0.2) is 48.5 Å². The van der Waals surface area contributed by atoms with Gasteiger partial charge in [0.2, 0.25) is 0 Å². The highest BCUT2D eigenvalue weighted by Crippen LogP contribution is 2.25. The number of benzene rings is 2. The molecular weight excluding hydrogens is 378 g/mol. The molecule has 0 unspecified atom stereocenters. The van der Waals surface area contributed by atoms with Gasteiger partial charge in [-0.05, 0) is 93.7 Å². The third-order valence-electron chi connectivity index (χ3n) is 5.25. The fraction of sp³-hybridized carbons (Fsp3) is 0.458. The zero-order valence-corrected chi connectivity index (χ0v) is 18.8. The Labute approximate surface area is 180 Å². The highest BCUT2D eigenvalue weighted by molar-refractivity contribution is 7.80. The lowest BCUT2D eigenvalue weighted by molar-refractivity contribution is 0.242. The molecule has 1 fully saturated rings. The summed E-state index contributed by atoms with van der Waals surface area (Å²) in [5, 5.41) is 7.24. The molecule has 2 atom stereocenters. The largest absolute Gasteiger partial charge is 0.491 e. The molecule has 156 valence electrons. The molecule has 0 saturated carbocycles. The molecule has 2 N–H and O–H groups in total. The SMILES string of the molecule is CC(C)Oc1ccc(NC(=S)N[C@H](C)c2ccc(N3CCC[C@@H](C)C3)cc2)cc1. The van der Waals surface area contributed by atoms with Gasteiger partial charge in [0.1, 0.15) is 5.75 Å². The summed E-state index contributed by atoms with van der Waals surface area (Å²) in [4.78, 5) is 2.49. The van der Waals surface area contributed by atoms with Crippen LogP contribution in [0.4, 0.5) is 11.4 Å². The van der Waals surface area contributed by atoms with Gasteiger partial charge < -0.3 is 20.3 Å². The topological polar surface area (TPSA) is 36.5 Å². The van der Waals surface area contributed by atoms with Gasteiger partial charge in [0.05, 0.1) is 12.1 Å². The lowest BCUT2D eigenvalue weighted by atomic mass is 9.99. The Hall–Kier alpha value is -2.27. The average Bonchev–Trinajstić information content (AvgIpc) is 2.69. The predicted molar refractivity (Wildman–Crippen MR) is 127 cm³/mol. The van der Waals surface area contributed by atoms with E-state index >= 15 is 0 Å². The van der Waals surface area contributed by atoms with E-state index in [1.807, 2.05) is 38.1 Å². The van der Waals surface area contributed by atoms with Crippen molar-refractivity contribution in [3.8, 4) is 5.75 Å². The number of thiocarbonyl (C=S) groups is 1. The minimum atomic E-state index is 0.132. The number of hydrogen-bond acceptors (Lipinski definition) is 3. The van der Waals surface area contributed by atoms with E-state index < -0.39 is 0 Å². The van der Waals surface area contributed by atoms with Crippen LogP contribution in [0.5, 0.6) is 5.75 Å². The summed E-state index contributed by atoms with van der Waals surface area (Å²) in [6.45, 7) is 10.8.